The number of rotatable bonds is 9. The van der Waals surface area contributed by atoms with Crippen molar-refractivity contribution in [3.05, 3.63) is 42.5 Å². The van der Waals surface area contributed by atoms with Gasteiger partial charge in [0.25, 0.3) is 0 Å². The average Bonchev–Trinajstić information content (AvgIpc) is 2.78. The van der Waals surface area contributed by atoms with Gasteiger partial charge in [0.05, 0.1) is 27.7 Å². The van der Waals surface area contributed by atoms with Crippen LogP contribution >= 0.6 is 11.8 Å². The summed E-state index contributed by atoms with van der Waals surface area (Å²) in [5.74, 6) is 0.0149. The minimum Gasteiger partial charge on any atom is -0.376 e. The number of hydrogen-bond donors (Lipinski definition) is 1. The van der Waals surface area contributed by atoms with Gasteiger partial charge in [-0.25, -0.2) is 8.42 Å². The van der Waals surface area contributed by atoms with Gasteiger partial charge in [-0.2, -0.15) is 4.31 Å². The van der Waals surface area contributed by atoms with E-state index in [-0.39, 0.29) is 29.7 Å². The molecule has 0 saturated heterocycles. The van der Waals surface area contributed by atoms with E-state index in [9.17, 15) is 18.0 Å². The molecule has 10 heteroatoms. The Labute approximate surface area is 200 Å². The summed E-state index contributed by atoms with van der Waals surface area (Å²) in [6, 6.07) is 12.4. The first-order valence-corrected chi connectivity index (χ1v) is 13.2. The first-order chi connectivity index (χ1) is 15.7. The molecule has 0 saturated carbocycles. The van der Waals surface area contributed by atoms with Gasteiger partial charge in [-0.15, -0.1) is 11.8 Å². The SMILES string of the molecule is CCN(CC)S(=O)(=O)c1ccc(N(C)C)c(NC(=O)CCN2C(=O)CSc3ccccc32)c1. The van der Waals surface area contributed by atoms with Crippen molar-refractivity contribution in [2.24, 2.45) is 0 Å². The molecule has 2 amide bonds. The number of anilines is 3. The van der Waals surface area contributed by atoms with Crippen molar-refractivity contribution in [3.8, 4) is 0 Å². The van der Waals surface area contributed by atoms with Crippen molar-refractivity contribution in [1.29, 1.82) is 0 Å². The van der Waals surface area contributed by atoms with Gasteiger partial charge >= 0.3 is 0 Å². The van der Waals surface area contributed by atoms with E-state index in [1.165, 1.54) is 22.1 Å². The lowest BCUT2D eigenvalue weighted by Gasteiger charge is -2.28. The average molecular weight is 491 g/mol. The first kappa shape index (κ1) is 25.1. The molecule has 1 N–H and O–H groups in total. The maximum atomic E-state index is 13.0. The predicted octanol–water partition coefficient (Wildman–Crippen LogP) is 3.25. The molecule has 2 aromatic rings. The minimum absolute atomic E-state index is 0.0345. The Kier molecular flexibility index (Phi) is 8.04. The first-order valence-electron chi connectivity index (χ1n) is 10.8. The lowest BCUT2D eigenvalue weighted by atomic mass is 10.2. The van der Waals surface area contributed by atoms with E-state index in [0.717, 1.165) is 10.6 Å². The summed E-state index contributed by atoms with van der Waals surface area (Å²) in [5.41, 5.74) is 1.92. The molecule has 3 rings (SSSR count). The number of hydrogen-bond acceptors (Lipinski definition) is 6. The zero-order valence-electron chi connectivity index (χ0n) is 19.4. The Hall–Kier alpha value is -2.56. The number of carbonyl (C=O) groups is 2. The number of thioether (sulfide) groups is 1. The number of fused-ring (bicyclic) bond motifs is 1. The normalized spacial score (nSPS) is 13.7. The summed E-state index contributed by atoms with van der Waals surface area (Å²) in [4.78, 5) is 29.9. The van der Waals surface area contributed by atoms with Crippen molar-refractivity contribution in [1.82, 2.24) is 4.31 Å². The molecule has 1 aliphatic heterocycles. The van der Waals surface area contributed by atoms with Crippen molar-refractivity contribution < 1.29 is 18.0 Å². The fourth-order valence-corrected chi connectivity index (χ4v) is 6.12. The number of sulfonamides is 1. The quantitative estimate of drug-likeness (QED) is 0.580. The zero-order chi connectivity index (χ0) is 24.2. The van der Waals surface area contributed by atoms with Gasteiger partial charge in [0.15, 0.2) is 0 Å². The molecule has 0 aliphatic carbocycles. The Morgan fingerprint density at radius 2 is 1.82 bits per heavy atom. The summed E-state index contributed by atoms with van der Waals surface area (Å²) in [6.07, 6.45) is 0.0879. The second-order valence-corrected chi connectivity index (χ2v) is 10.7. The summed E-state index contributed by atoms with van der Waals surface area (Å²) < 4.78 is 27.3. The molecule has 1 heterocycles. The van der Waals surface area contributed by atoms with Crippen LogP contribution in [0.2, 0.25) is 0 Å². The number of para-hydroxylation sites is 1. The maximum Gasteiger partial charge on any atom is 0.243 e. The van der Waals surface area contributed by atoms with Crippen LogP contribution in [-0.2, 0) is 19.6 Å². The third-order valence-corrected chi connectivity index (χ3v) is 8.53. The van der Waals surface area contributed by atoms with E-state index in [0.29, 0.717) is 30.2 Å². The highest BCUT2D eigenvalue weighted by Gasteiger charge is 2.26. The number of amides is 2. The number of benzene rings is 2. The van der Waals surface area contributed by atoms with Crippen LogP contribution in [0.4, 0.5) is 17.1 Å². The highest BCUT2D eigenvalue weighted by Crippen LogP contribution is 2.35. The van der Waals surface area contributed by atoms with Crippen LogP contribution in [-0.4, -0.2) is 64.0 Å². The topological polar surface area (TPSA) is 90.0 Å². The molecular formula is C23H30N4O4S2. The molecular weight excluding hydrogens is 460 g/mol. The van der Waals surface area contributed by atoms with Crippen LogP contribution in [0.5, 0.6) is 0 Å². The molecule has 0 spiro atoms. The Morgan fingerprint density at radius 1 is 1.12 bits per heavy atom. The summed E-state index contributed by atoms with van der Waals surface area (Å²) in [7, 11) is -0.0159. The smallest absolute Gasteiger partial charge is 0.243 e. The lowest BCUT2D eigenvalue weighted by molar-refractivity contribution is -0.117. The molecule has 33 heavy (non-hydrogen) atoms. The molecule has 0 atom stereocenters. The molecule has 2 aromatic carbocycles. The van der Waals surface area contributed by atoms with E-state index in [4.69, 9.17) is 0 Å². The third kappa shape index (κ3) is 5.51. The van der Waals surface area contributed by atoms with Gasteiger partial charge in [-0.05, 0) is 30.3 Å². The van der Waals surface area contributed by atoms with E-state index in [1.807, 2.05) is 43.3 Å². The van der Waals surface area contributed by atoms with Crippen molar-refractivity contribution >= 4 is 50.7 Å². The molecule has 0 aromatic heterocycles. The van der Waals surface area contributed by atoms with Gasteiger partial charge < -0.3 is 15.1 Å². The second-order valence-electron chi connectivity index (χ2n) is 7.76. The highest BCUT2D eigenvalue weighted by atomic mass is 32.2. The van der Waals surface area contributed by atoms with Gasteiger partial charge in [0.2, 0.25) is 21.8 Å². The van der Waals surface area contributed by atoms with Crippen molar-refractivity contribution in [2.45, 2.75) is 30.1 Å². The van der Waals surface area contributed by atoms with Crippen LogP contribution < -0.4 is 15.1 Å². The lowest BCUT2D eigenvalue weighted by Crippen LogP contribution is -2.37. The fraction of sp³-hybridized carbons (Fsp3) is 0.391. The van der Waals surface area contributed by atoms with Crippen molar-refractivity contribution in [3.63, 3.8) is 0 Å². The van der Waals surface area contributed by atoms with Crippen LogP contribution in [0, 0.1) is 0 Å². The van der Waals surface area contributed by atoms with Crippen LogP contribution in [0.1, 0.15) is 20.3 Å². The van der Waals surface area contributed by atoms with Gasteiger partial charge in [-0.3, -0.25) is 9.59 Å². The number of nitrogens with one attached hydrogen (secondary N) is 1. The monoisotopic (exact) mass is 490 g/mol. The minimum atomic E-state index is -3.66. The summed E-state index contributed by atoms with van der Waals surface area (Å²) in [5, 5.41) is 2.85. The second kappa shape index (κ2) is 10.6. The van der Waals surface area contributed by atoms with Crippen LogP contribution in [0.25, 0.3) is 0 Å². The summed E-state index contributed by atoms with van der Waals surface area (Å²) in [6.45, 7) is 4.54. The fourth-order valence-electron chi connectivity index (χ4n) is 3.70. The summed E-state index contributed by atoms with van der Waals surface area (Å²) >= 11 is 1.49. The zero-order valence-corrected chi connectivity index (χ0v) is 21.0. The molecule has 0 unspecified atom stereocenters. The van der Waals surface area contributed by atoms with E-state index < -0.39 is 10.0 Å². The Bertz CT molecular complexity index is 1130. The third-order valence-electron chi connectivity index (χ3n) is 5.44. The molecule has 1 aliphatic rings. The largest absolute Gasteiger partial charge is 0.376 e. The molecule has 8 nitrogen and oxygen atoms in total. The predicted molar refractivity (Wildman–Crippen MR) is 134 cm³/mol. The molecule has 0 fully saturated rings. The molecule has 0 radical (unpaired) electrons. The standard InChI is InChI=1S/C23H30N4O4S2/c1-5-26(6-2)33(30,31)17-11-12-19(25(3)4)18(15-17)24-22(28)13-14-27-20-9-7-8-10-21(20)32-16-23(27)29/h7-12,15H,5-6,13-14,16H2,1-4H3,(H,24,28). The van der Waals surface area contributed by atoms with E-state index in [1.54, 1.807) is 30.9 Å². The van der Waals surface area contributed by atoms with Crippen LogP contribution in [0.3, 0.4) is 0 Å². The number of nitrogens with zero attached hydrogens (tertiary/aromatic N) is 3. The molecule has 178 valence electrons. The molecule has 0 bridgehead atoms. The maximum absolute atomic E-state index is 13.0. The number of carbonyl (C=O) groups excluding carboxylic acids is 2. The van der Waals surface area contributed by atoms with Gasteiger partial charge in [0, 0.05) is 45.0 Å². The van der Waals surface area contributed by atoms with Gasteiger partial charge in [0.1, 0.15) is 0 Å². The van der Waals surface area contributed by atoms with E-state index >= 15 is 0 Å². The Balaban J connectivity index is 1.79. The highest BCUT2D eigenvalue weighted by molar-refractivity contribution is 8.00. The van der Waals surface area contributed by atoms with Gasteiger partial charge in [-0.1, -0.05) is 26.0 Å². The Morgan fingerprint density at radius 3 is 2.48 bits per heavy atom. The van der Waals surface area contributed by atoms with E-state index in [2.05, 4.69) is 5.32 Å². The van der Waals surface area contributed by atoms with Crippen LogP contribution in [0.15, 0.2) is 52.3 Å². The van der Waals surface area contributed by atoms with Crippen molar-refractivity contribution in [2.75, 3.05) is 54.6 Å².